The van der Waals surface area contributed by atoms with Crippen molar-refractivity contribution in [2.75, 3.05) is 5.32 Å². The van der Waals surface area contributed by atoms with E-state index >= 15 is 0 Å². The summed E-state index contributed by atoms with van der Waals surface area (Å²) in [5.74, 6) is 1.97. The maximum Gasteiger partial charge on any atom is 0.283 e. The summed E-state index contributed by atoms with van der Waals surface area (Å²) in [6.07, 6.45) is 6.70. The summed E-state index contributed by atoms with van der Waals surface area (Å²) in [4.78, 5) is 29.3. The van der Waals surface area contributed by atoms with Gasteiger partial charge in [-0.2, -0.15) is 5.10 Å². The molecule has 1 N–H and O–H groups in total. The number of hydrogen-bond donors (Lipinski definition) is 1. The van der Waals surface area contributed by atoms with Gasteiger partial charge in [0.1, 0.15) is 11.0 Å². The minimum Gasteiger partial charge on any atom is -0.380 e. The van der Waals surface area contributed by atoms with E-state index in [9.17, 15) is 9.59 Å². The third kappa shape index (κ3) is 3.96. The second-order valence-corrected chi connectivity index (χ2v) is 10.2. The Morgan fingerprint density at radius 3 is 2.80 bits per heavy atom. The zero-order valence-electron chi connectivity index (χ0n) is 17.8. The first kappa shape index (κ1) is 21.2. The number of carbonyl (C=O) groups excluding carboxylic acids is 1. The molecule has 6 nitrogen and oxygen atoms in total. The van der Waals surface area contributed by atoms with Crippen LogP contribution in [0.2, 0.25) is 0 Å². The Hall–Kier alpha value is -2.02. The number of carbonyl (C=O) groups is 1. The number of hydrogen-bond acceptors (Lipinski definition) is 5. The average molecular weight is 473 g/mol. The zero-order valence-corrected chi connectivity index (χ0v) is 19.4. The predicted octanol–water partition coefficient (Wildman–Crippen LogP) is 4.09. The lowest BCUT2D eigenvalue weighted by atomic mass is 9.45. The molecule has 0 radical (unpaired) electrons. The average Bonchev–Trinajstić information content (AvgIpc) is 2.73. The maximum atomic E-state index is 12.7. The molecule has 0 saturated heterocycles. The van der Waals surface area contributed by atoms with E-state index in [-0.39, 0.29) is 17.9 Å². The Morgan fingerprint density at radius 1 is 1.33 bits per heavy atom. The van der Waals surface area contributed by atoms with Crippen LogP contribution in [0.3, 0.4) is 0 Å². The van der Waals surface area contributed by atoms with Crippen LogP contribution in [0.1, 0.15) is 45.7 Å². The van der Waals surface area contributed by atoms with Crippen molar-refractivity contribution in [2.45, 2.75) is 59.0 Å². The Morgan fingerprint density at radius 2 is 2.13 bits per heavy atom. The molecule has 0 aromatic carbocycles. The predicted molar refractivity (Wildman–Crippen MR) is 120 cm³/mol. The molecule has 0 unspecified atom stereocenters. The third-order valence-corrected chi connectivity index (χ3v) is 8.16. The quantitative estimate of drug-likeness (QED) is 0.656. The van der Waals surface area contributed by atoms with Crippen LogP contribution in [0.25, 0.3) is 0 Å². The van der Waals surface area contributed by atoms with Crippen molar-refractivity contribution < 1.29 is 4.79 Å². The molecule has 2 heterocycles. The van der Waals surface area contributed by atoms with Gasteiger partial charge in [-0.1, -0.05) is 26.8 Å². The first-order valence-electron chi connectivity index (χ1n) is 10.7. The number of ketones is 1. The molecule has 7 heteroatoms. The second kappa shape index (κ2) is 8.25. The maximum absolute atomic E-state index is 12.7. The molecule has 0 spiro atoms. The van der Waals surface area contributed by atoms with Crippen molar-refractivity contribution >= 4 is 27.4 Å². The molecule has 3 aliphatic carbocycles. The van der Waals surface area contributed by atoms with Crippen LogP contribution in [0.15, 0.2) is 39.9 Å². The van der Waals surface area contributed by atoms with Gasteiger partial charge in [-0.05, 0) is 70.5 Å². The van der Waals surface area contributed by atoms with E-state index < -0.39 is 0 Å². The van der Waals surface area contributed by atoms with Gasteiger partial charge in [0.05, 0.1) is 11.9 Å². The molecule has 4 atom stereocenters. The highest BCUT2D eigenvalue weighted by molar-refractivity contribution is 9.10. The number of nitrogens with zero attached hydrogens (tertiary/aromatic N) is 3. The molecule has 2 aromatic heterocycles. The van der Waals surface area contributed by atoms with Crippen LogP contribution in [0.5, 0.6) is 0 Å². The normalized spacial score (nSPS) is 26.7. The summed E-state index contributed by atoms with van der Waals surface area (Å²) in [7, 11) is 0. The second-order valence-electron chi connectivity index (χ2n) is 9.40. The Bertz CT molecular complexity index is 988. The van der Waals surface area contributed by atoms with Gasteiger partial charge < -0.3 is 5.32 Å². The number of aromatic nitrogens is 3. The third-order valence-electron chi connectivity index (χ3n) is 7.39. The number of fused-ring (bicyclic) bond motifs is 2. The summed E-state index contributed by atoms with van der Waals surface area (Å²) in [5, 5.41) is 7.81. The molecular weight excluding hydrogens is 444 g/mol. The van der Waals surface area contributed by atoms with Gasteiger partial charge in [0.2, 0.25) is 0 Å². The lowest BCUT2D eigenvalue weighted by molar-refractivity contribution is -0.119. The number of pyridine rings is 1. The Balaban J connectivity index is 1.39. The molecule has 2 aromatic rings. The molecule has 0 aliphatic heterocycles. The van der Waals surface area contributed by atoms with Crippen molar-refractivity contribution in [1.82, 2.24) is 14.8 Å². The fourth-order valence-corrected chi connectivity index (χ4v) is 5.70. The summed E-state index contributed by atoms with van der Waals surface area (Å²) in [6, 6.07) is 5.99. The molecule has 0 amide bonds. The lowest BCUT2D eigenvalue weighted by Gasteiger charge is -2.62. The number of nitrogens with one attached hydrogen (secondary N) is 1. The van der Waals surface area contributed by atoms with Crippen LogP contribution < -0.4 is 10.9 Å². The highest BCUT2D eigenvalue weighted by Gasteiger charge is 2.56. The number of rotatable bonds is 7. The number of aryl methyl sites for hydroxylation is 1. The largest absolute Gasteiger partial charge is 0.380 e. The van der Waals surface area contributed by atoms with Gasteiger partial charge in [-0.15, -0.1) is 0 Å². The van der Waals surface area contributed by atoms with Crippen molar-refractivity contribution in [1.29, 1.82) is 0 Å². The Kier molecular flexibility index (Phi) is 5.84. The minimum absolute atomic E-state index is 0.0251. The minimum atomic E-state index is -0.278. The van der Waals surface area contributed by atoms with E-state index in [1.54, 1.807) is 12.4 Å². The van der Waals surface area contributed by atoms with Crippen LogP contribution in [-0.4, -0.2) is 26.6 Å². The van der Waals surface area contributed by atoms with Crippen LogP contribution in [0, 0.1) is 23.2 Å². The van der Waals surface area contributed by atoms with Gasteiger partial charge in [-0.3, -0.25) is 14.6 Å². The first-order chi connectivity index (χ1) is 14.3. The number of anilines is 1. The van der Waals surface area contributed by atoms with E-state index in [1.165, 1.54) is 11.1 Å². The zero-order chi connectivity index (χ0) is 21.5. The van der Waals surface area contributed by atoms with E-state index in [1.807, 2.05) is 18.2 Å². The van der Waals surface area contributed by atoms with Gasteiger partial charge >= 0.3 is 0 Å². The lowest BCUT2D eigenvalue weighted by Crippen LogP contribution is -2.58. The van der Waals surface area contributed by atoms with E-state index in [0.29, 0.717) is 40.4 Å². The highest BCUT2D eigenvalue weighted by atomic mass is 79.9. The fourth-order valence-electron chi connectivity index (χ4n) is 5.28. The number of Topliss-reactive ketones (excluding diaryl/α,β-unsaturated/α-hetero) is 1. The summed E-state index contributed by atoms with van der Waals surface area (Å²) < 4.78 is 1.68. The topological polar surface area (TPSA) is 76.9 Å². The van der Waals surface area contributed by atoms with E-state index in [4.69, 9.17) is 0 Å². The number of halogens is 1. The van der Waals surface area contributed by atoms with Gasteiger partial charge in [0.25, 0.3) is 5.56 Å². The van der Waals surface area contributed by atoms with Crippen molar-refractivity contribution in [3.8, 4) is 0 Å². The molecule has 3 aliphatic rings. The van der Waals surface area contributed by atoms with E-state index in [0.717, 1.165) is 24.0 Å². The molecule has 3 saturated carbocycles. The van der Waals surface area contributed by atoms with Gasteiger partial charge in [0, 0.05) is 24.4 Å². The van der Waals surface area contributed by atoms with Crippen LogP contribution >= 0.6 is 15.9 Å². The first-order valence-corrected chi connectivity index (χ1v) is 11.5. The summed E-state index contributed by atoms with van der Waals surface area (Å²) in [6.45, 7) is 7.04. The van der Waals surface area contributed by atoms with Crippen molar-refractivity contribution in [3.05, 3.63) is 51.1 Å². The van der Waals surface area contributed by atoms with Crippen LogP contribution in [-0.2, 0) is 17.8 Å². The van der Waals surface area contributed by atoms with Gasteiger partial charge in [0.15, 0.2) is 5.78 Å². The fraction of sp³-hybridized carbons (Fsp3) is 0.565. The molecule has 5 rings (SSSR count). The smallest absolute Gasteiger partial charge is 0.283 e. The molecule has 30 heavy (non-hydrogen) atoms. The molecule has 2 bridgehead atoms. The monoisotopic (exact) mass is 472 g/mol. The SMILES string of the molecule is C[C@@H]1[C@H]2C[C@@H](C[C@H]1Nc1cnn(CC(=O)CCc3ccccn3)c(=O)c1Br)C2(C)C. The molecule has 3 fully saturated rings. The molecular formula is C23H29BrN4O2. The van der Waals surface area contributed by atoms with Crippen LogP contribution in [0.4, 0.5) is 5.69 Å². The standard InChI is InChI=1S/C23H29BrN4O2/c1-14-18-10-15(23(18,2)3)11-19(14)27-20-12-26-28(22(30)21(20)24)13-17(29)8-7-16-6-4-5-9-25-16/h4-6,9,12,14-15,18-19,27H,7-8,10-11,13H2,1-3H3/t14-,15+,18-,19-/m1/s1. The Labute approximate surface area is 185 Å². The molecule has 160 valence electrons. The van der Waals surface area contributed by atoms with E-state index in [2.05, 4.69) is 52.1 Å². The van der Waals surface area contributed by atoms with Gasteiger partial charge in [-0.25, -0.2) is 4.68 Å². The summed E-state index contributed by atoms with van der Waals surface area (Å²) >= 11 is 3.44. The highest BCUT2D eigenvalue weighted by Crippen LogP contribution is 2.61. The van der Waals surface area contributed by atoms with Crippen molar-refractivity contribution in [2.24, 2.45) is 23.2 Å². The van der Waals surface area contributed by atoms with Crippen molar-refractivity contribution in [3.63, 3.8) is 0 Å². The summed E-state index contributed by atoms with van der Waals surface area (Å²) in [5.41, 5.74) is 1.73.